The second-order valence-corrected chi connectivity index (χ2v) is 5.65. The molecule has 0 atom stereocenters. The molecule has 0 heterocycles. The highest BCUT2D eigenvalue weighted by Crippen LogP contribution is 2.24. The van der Waals surface area contributed by atoms with Gasteiger partial charge >= 0.3 is 0 Å². The van der Waals surface area contributed by atoms with Gasteiger partial charge in [-0.25, -0.2) is 0 Å². The van der Waals surface area contributed by atoms with E-state index in [1.54, 1.807) is 6.92 Å². The zero-order chi connectivity index (χ0) is 16.1. The summed E-state index contributed by atoms with van der Waals surface area (Å²) in [6, 6.07) is 12.3. The standard InChI is InChI=1S/C21H19Cl/c1-5-7-20-14-19(10-11-21(20)22)16(4)12-17-9-8-15(3)18(6-2)13-17/h6,8-11,13-14H,2,4,12H2,1,3H3. The van der Waals surface area contributed by atoms with E-state index >= 15 is 0 Å². The molecular weight excluding hydrogens is 288 g/mol. The molecule has 0 unspecified atom stereocenters. The lowest BCUT2D eigenvalue weighted by Crippen LogP contribution is -1.93. The van der Waals surface area contributed by atoms with Gasteiger partial charge in [-0.15, -0.1) is 5.92 Å². The van der Waals surface area contributed by atoms with E-state index in [1.165, 1.54) is 16.7 Å². The average molecular weight is 307 g/mol. The number of hydrogen-bond donors (Lipinski definition) is 0. The molecule has 0 bridgehead atoms. The van der Waals surface area contributed by atoms with E-state index in [9.17, 15) is 0 Å². The van der Waals surface area contributed by atoms with Crippen LogP contribution in [0.3, 0.4) is 0 Å². The molecule has 0 aromatic heterocycles. The molecule has 0 aliphatic carbocycles. The molecule has 0 fully saturated rings. The predicted octanol–water partition coefficient (Wildman–Crippen LogP) is 5.92. The van der Waals surface area contributed by atoms with Crippen LogP contribution in [-0.2, 0) is 6.42 Å². The lowest BCUT2D eigenvalue weighted by atomic mass is 9.96. The Kier molecular flexibility index (Phi) is 5.26. The maximum Gasteiger partial charge on any atom is 0.0562 e. The van der Waals surface area contributed by atoms with Crippen LogP contribution in [0.4, 0.5) is 0 Å². The van der Waals surface area contributed by atoms with Gasteiger partial charge in [-0.05, 0) is 60.2 Å². The van der Waals surface area contributed by atoms with Crippen LogP contribution in [0, 0.1) is 18.8 Å². The van der Waals surface area contributed by atoms with Gasteiger partial charge in [-0.2, -0.15) is 0 Å². The molecule has 22 heavy (non-hydrogen) atoms. The monoisotopic (exact) mass is 306 g/mol. The fraction of sp³-hybridized carbons (Fsp3) is 0.143. The second-order valence-electron chi connectivity index (χ2n) is 5.25. The van der Waals surface area contributed by atoms with E-state index < -0.39 is 0 Å². The smallest absolute Gasteiger partial charge is 0.0562 e. The average Bonchev–Trinajstić information content (AvgIpc) is 2.51. The molecular formula is C21H19Cl. The van der Waals surface area contributed by atoms with Crippen molar-refractivity contribution in [2.24, 2.45) is 0 Å². The van der Waals surface area contributed by atoms with Crippen LogP contribution in [0.5, 0.6) is 0 Å². The topological polar surface area (TPSA) is 0 Å². The van der Waals surface area contributed by atoms with Crippen LogP contribution < -0.4 is 0 Å². The van der Waals surface area contributed by atoms with E-state index in [0.717, 1.165) is 23.1 Å². The van der Waals surface area contributed by atoms with Gasteiger partial charge in [0.15, 0.2) is 0 Å². The Morgan fingerprint density at radius 1 is 1.23 bits per heavy atom. The molecule has 110 valence electrons. The fourth-order valence-electron chi connectivity index (χ4n) is 2.34. The molecule has 2 aromatic rings. The Morgan fingerprint density at radius 2 is 2.00 bits per heavy atom. The van der Waals surface area contributed by atoms with Gasteiger partial charge in [0.1, 0.15) is 0 Å². The Morgan fingerprint density at radius 3 is 2.68 bits per heavy atom. The summed E-state index contributed by atoms with van der Waals surface area (Å²) in [6.45, 7) is 12.0. The van der Waals surface area contributed by atoms with Crippen molar-refractivity contribution >= 4 is 23.3 Å². The summed E-state index contributed by atoms with van der Waals surface area (Å²) in [7, 11) is 0. The first-order valence-electron chi connectivity index (χ1n) is 7.17. The van der Waals surface area contributed by atoms with Crippen molar-refractivity contribution in [3.05, 3.63) is 82.4 Å². The lowest BCUT2D eigenvalue weighted by Gasteiger charge is -2.10. The normalized spacial score (nSPS) is 9.77. The zero-order valence-electron chi connectivity index (χ0n) is 13.0. The summed E-state index contributed by atoms with van der Waals surface area (Å²) in [4.78, 5) is 0. The summed E-state index contributed by atoms with van der Waals surface area (Å²) in [5, 5.41) is 0.676. The summed E-state index contributed by atoms with van der Waals surface area (Å²) < 4.78 is 0. The molecule has 0 aliphatic heterocycles. The molecule has 0 saturated carbocycles. The number of hydrogen-bond acceptors (Lipinski definition) is 0. The van der Waals surface area contributed by atoms with Gasteiger partial charge in [0.25, 0.3) is 0 Å². The number of aryl methyl sites for hydroxylation is 1. The summed E-state index contributed by atoms with van der Waals surface area (Å²) in [6.07, 6.45) is 2.68. The highest BCUT2D eigenvalue weighted by atomic mass is 35.5. The SMILES string of the molecule is C=Cc1cc(CC(=C)c2ccc(Cl)c(C#CC)c2)ccc1C. The number of rotatable bonds is 4. The first-order valence-corrected chi connectivity index (χ1v) is 7.55. The summed E-state index contributed by atoms with van der Waals surface area (Å²) in [5.41, 5.74) is 6.59. The Bertz CT molecular complexity index is 785. The van der Waals surface area contributed by atoms with Crippen molar-refractivity contribution in [1.29, 1.82) is 0 Å². The second kappa shape index (κ2) is 7.16. The van der Waals surface area contributed by atoms with E-state index in [2.05, 4.69) is 50.1 Å². The fourth-order valence-corrected chi connectivity index (χ4v) is 2.51. The van der Waals surface area contributed by atoms with Gasteiger partial charge < -0.3 is 0 Å². The summed E-state index contributed by atoms with van der Waals surface area (Å²) >= 11 is 6.15. The van der Waals surface area contributed by atoms with Crippen LogP contribution in [0.25, 0.3) is 11.6 Å². The van der Waals surface area contributed by atoms with Crippen LogP contribution in [0.2, 0.25) is 5.02 Å². The third kappa shape index (κ3) is 3.70. The highest BCUT2D eigenvalue weighted by Gasteiger charge is 2.05. The Balaban J connectivity index is 2.27. The molecule has 0 nitrogen and oxygen atoms in total. The molecule has 0 N–H and O–H groups in total. The Hall–Kier alpha value is -2.23. The molecule has 2 aromatic carbocycles. The third-order valence-corrected chi connectivity index (χ3v) is 3.94. The number of benzene rings is 2. The first-order chi connectivity index (χ1) is 10.5. The number of halogens is 1. The Labute approximate surface area is 138 Å². The minimum Gasteiger partial charge on any atom is -0.101 e. The molecule has 0 saturated heterocycles. The number of allylic oxidation sites excluding steroid dienone is 1. The maximum atomic E-state index is 6.15. The van der Waals surface area contributed by atoms with Crippen molar-refractivity contribution in [3.8, 4) is 11.8 Å². The molecule has 0 amide bonds. The van der Waals surface area contributed by atoms with E-state index in [0.29, 0.717) is 5.02 Å². The molecule has 0 radical (unpaired) electrons. The van der Waals surface area contributed by atoms with Crippen molar-refractivity contribution in [2.75, 3.05) is 0 Å². The van der Waals surface area contributed by atoms with Gasteiger partial charge in [0.2, 0.25) is 0 Å². The van der Waals surface area contributed by atoms with E-state index in [1.807, 2.05) is 24.3 Å². The van der Waals surface area contributed by atoms with Crippen LogP contribution in [0.1, 0.15) is 34.7 Å². The lowest BCUT2D eigenvalue weighted by molar-refractivity contribution is 1.26. The highest BCUT2D eigenvalue weighted by molar-refractivity contribution is 6.31. The van der Waals surface area contributed by atoms with Crippen molar-refractivity contribution in [1.82, 2.24) is 0 Å². The predicted molar refractivity (Wildman–Crippen MR) is 98.0 cm³/mol. The van der Waals surface area contributed by atoms with Gasteiger partial charge in [-0.3, -0.25) is 0 Å². The minimum atomic E-state index is 0.676. The largest absolute Gasteiger partial charge is 0.101 e. The molecule has 0 aliphatic rings. The van der Waals surface area contributed by atoms with Gasteiger partial charge in [0.05, 0.1) is 5.02 Å². The maximum absolute atomic E-state index is 6.15. The van der Waals surface area contributed by atoms with Crippen molar-refractivity contribution in [2.45, 2.75) is 20.3 Å². The van der Waals surface area contributed by atoms with Gasteiger partial charge in [-0.1, -0.05) is 61.0 Å². The third-order valence-electron chi connectivity index (χ3n) is 3.62. The van der Waals surface area contributed by atoms with E-state index in [-0.39, 0.29) is 0 Å². The van der Waals surface area contributed by atoms with Gasteiger partial charge in [0, 0.05) is 5.56 Å². The first kappa shape index (κ1) is 16.1. The zero-order valence-corrected chi connectivity index (χ0v) is 13.8. The van der Waals surface area contributed by atoms with Crippen molar-refractivity contribution in [3.63, 3.8) is 0 Å². The molecule has 2 rings (SSSR count). The van der Waals surface area contributed by atoms with Crippen molar-refractivity contribution < 1.29 is 0 Å². The summed E-state index contributed by atoms with van der Waals surface area (Å²) in [5.74, 6) is 5.91. The van der Waals surface area contributed by atoms with Crippen LogP contribution >= 0.6 is 11.6 Å². The molecule has 1 heteroatoms. The molecule has 0 spiro atoms. The minimum absolute atomic E-state index is 0.676. The van der Waals surface area contributed by atoms with Crippen LogP contribution in [0.15, 0.2) is 49.6 Å². The van der Waals surface area contributed by atoms with E-state index in [4.69, 9.17) is 11.6 Å². The quantitative estimate of drug-likeness (QED) is 0.615. The van der Waals surface area contributed by atoms with Crippen LogP contribution in [-0.4, -0.2) is 0 Å².